The Hall–Kier alpha value is -0.805. The highest BCUT2D eigenvalue weighted by Gasteiger charge is 2.53. The molecule has 1 amide bonds. The lowest BCUT2D eigenvalue weighted by atomic mass is 9.79. The van der Waals surface area contributed by atoms with Gasteiger partial charge in [-0.25, -0.2) is 0 Å². The smallest absolute Gasteiger partial charge is 0.400 e. The van der Waals surface area contributed by atoms with Crippen LogP contribution in [0.4, 0.5) is 0 Å². The average Bonchev–Trinajstić information content (AvgIpc) is 2.98. The van der Waals surface area contributed by atoms with E-state index in [1.165, 1.54) is 0 Å². The normalized spacial score (nSPS) is 28.7. The van der Waals surface area contributed by atoms with Gasteiger partial charge in [-0.1, -0.05) is 6.08 Å². The first-order valence-electron chi connectivity index (χ1n) is 7.13. The number of carbonyl (C=O) groups is 1. The Kier molecular flexibility index (Phi) is 2.84. The molecule has 0 N–H and O–H groups in total. The minimum Gasteiger partial charge on any atom is -0.400 e. The van der Waals surface area contributed by atoms with Crippen molar-refractivity contribution in [3.05, 3.63) is 11.5 Å². The molecule has 2 aliphatic heterocycles. The summed E-state index contributed by atoms with van der Waals surface area (Å²) in [5.41, 5.74) is 0.464. The summed E-state index contributed by atoms with van der Waals surface area (Å²) in [6.07, 6.45) is 4.20. The maximum Gasteiger partial charge on any atom is 0.492 e. The molecular weight excluding hydrogens is 241 g/mol. The number of rotatable bonds is 2. The number of carbonyl (C=O) groups excluding carboxylic acids is 1. The first-order chi connectivity index (χ1) is 8.80. The van der Waals surface area contributed by atoms with Crippen molar-refractivity contribution in [2.45, 2.75) is 51.7 Å². The largest absolute Gasteiger partial charge is 0.492 e. The van der Waals surface area contributed by atoms with Crippen LogP contribution < -0.4 is 0 Å². The SMILES string of the molecule is CC1(C)OB(C2=CCN(C(=O)C3CC3)C2)OC1(C)C. The summed E-state index contributed by atoms with van der Waals surface area (Å²) in [6, 6.07) is 0. The van der Waals surface area contributed by atoms with Crippen molar-refractivity contribution in [3.63, 3.8) is 0 Å². The summed E-state index contributed by atoms with van der Waals surface area (Å²) in [4.78, 5) is 13.9. The van der Waals surface area contributed by atoms with Gasteiger partial charge in [0.2, 0.25) is 5.91 Å². The van der Waals surface area contributed by atoms with E-state index in [2.05, 4.69) is 33.8 Å². The van der Waals surface area contributed by atoms with Crippen LogP contribution >= 0.6 is 0 Å². The van der Waals surface area contributed by atoms with Gasteiger partial charge >= 0.3 is 7.12 Å². The maximum absolute atomic E-state index is 12.0. The Morgan fingerprint density at radius 1 is 1.26 bits per heavy atom. The number of amides is 1. The van der Waals surface area contributed by atoms with Gasteiger partial charge in [0.1, 0.15) is 0 Å². The highest BCUT2D eigenvalue weighted by Crippen LogP contribution is 2.39. The summed E-state index contributed by atoms with van der Waals surface area (Å²) in [6.45, 7) is 9.57. The van der Waals surface area contributed by atoms with Gasteiger partial charge in [0, 0.05) is 19.0 Å². The van der Waals surface area contributed by atoms with Crippen molar-refractivity contribution < 1.29 is 14.1 Å². The maximum atomic E-state index is 12.0. The molecule has 0 aromatic carbocycles. The fraction of sp³-hybridized carbons (Fsp3) is 0.786. The Morgan fingerprint density at radius 3 is 2.37 bits per heavy atom. The van der Waals surface area contributed by atoms with Gasteiger partial charge in [0.05, 0.1) is 11.2 Å². The zero-order chi connectivity index (χ0) is 13.8. The van der Waals surface area contributed by atoms with E-state index in [1.807, 2.05) is 4.90 Å². The molecule has 3 aliphatic rings. The van der Waals surface area contributed by atoms with Crippen LogP contribution in [0, 0.1) is 5.92 Å². The van der Waals surface area contributed by atoms with Crippen LogP contribution in [0.3, 0.4) is 0 Å². The Balaban J connectivity index is 1.64. The number of hydrogen-bond donors (Lipinski definition) is 0. The monoisotopic (exact) mass is 263 g/mol. The molecule has 19 heavy (non-hydrogen) atoms. The van der Waals surface area contributed by atoms with Crippen LogP contribution in [0.1, 0.15) is 40.5 Å². The second-order valence-electron chi connectivity index (χ2n) is 6.86. The van der Waals surface area contributed by atoms with Gasteiger partial charge in [-0.3, -0.25) is 4.79 Å². The fourth-order valence-electron chi connectivity index (χ4n) is 2.50. The number of hydrogen-bond acceptors (Lipinski definition) is 3. The van der Waals surface area contributed by atoms with Crippen LogP contribution in [0.25, 0.3) is 0 Å². The minimum absolute atomic E-state index is 0.283. The van der Waals surface area contributed by atoms with Crippen LogP contribution in [-0.4, -0.2) is 42.2 Å². The molecule has 0 bridgehead atoms. The van der Waals surface area contributed by atoms with E-state index in [0.29, 0.717) is 19.0 Å². The first kappa shape index (κ1) is 13.2. The van der Waals surface area contributed by atoms with Crippen molar-refractivity contribution in [2.75, 3.05) is 13.1 Å². The van der Waals surface area contributed by atoms with E-state index < -0.39 is 0 Å². The summed E-state index contributed by atoms with van der Waals surface area (Å²) in [7, 11) is -0.304. The molecule has 0 unspecified atom stereocenters. The van der Waals surface area contributed by atoms with Crippen molar-refractivity contribution >= 4 is 13.0 Å². The molecule has 5 heteroatoms. The Bertz CT molecular complexity index is 424. The minimum atomic E-state index is -0.313. The van der Waals surface area contributed by atoms with Crippen molar-refractivity contribution in [1.82, 2.24) is 4.90 Å². The van der Waals surface area contributed by atoms with Gasteiger partial charge < -0.3 is 14.2 Å². The standard InChI is InChI=1S/C14H22BNO3/c1-13(2)14(3,4)19-15(18-13)11-7-8-16(9-11)12(17)10-5-6-10/h7,10H,5-6,8-9H2,1-4H3. The van der Waals surface area contributed by atoms with Gasteiger partial charge in [0.15, 0.2) is 0 Å². The highest BCUT2D eigenvalue weighted by molar-refractivity contribution is 6.55. The zero-order valence-electron chi connectivity index (χ0n) is 12.2. The molecule has 1 saturated heterocycles. The van der Waals surface area contributed by atoms with E-state index in [1.54, 1.807) is 0 Å². The molecule has 1 saturated carbocycles. The molecule has 0 radical (unpaired) electrons. The summed E-state index contributed by atoms with van der Waals surface area (Å²) < 4.78 is 12.0. The predicted octanol–water partition coefficient (Wildman–Crippen LogP) is 1.80. The Morgan fingerprint density at radius 2 is 1.84 bits per heavy atom. The van der Waals surface area contributed by atoms with Gasteiger partial charge in [-0.05, 0) is 46.0 Å². The van der Waals surface area contributed by atoms with Gasteiger partial charge in [0.25, 0.3) is 0 Å². The summed E-state index contributed by atoms with van der Waals surface area (Å²) in [5.74, 6) is 0.578. The Labute approximate surface area is 115 Å². The van der Waals surface area contributed by atoms with Crippen molar-refractivity contribution in [3.8, 4) is 0 Å². The molecule has 2 heterocycles. The molecule has 2 fully saturated rings. The predicted molar refractivity (Wildman–Crippen MR) is 73.5 cm³/mol. The number of nitrogens with zero attached hydrogens (tertiary/aromatic N) is 1. The zero-order valence-corrected chi connectivity index (χ0v) is 12.2. The van der Waals surface area contributed by atoms with E-state index in [0.717, 1.165) is 18.3 Å². The quantitative estimate of drug-likeness (QED) is 0.713. The summed E-state index contributed by atoms with van der Waals surface area (Å²) in [5, 5.41) is 0. The topological polar surface area (TPSA) is 38.8 Å². The lowest BCUT2D eigenvalue weighted by Crippen LogP contribution is -2.41. The third-order valence-electron chi connectivity index (χ3n) is 4.74. The molecule has 0 aromatic rings. The van der Waals surface area contributed by atoms with Crippen LogP contribution in [0.2, 0.25) is 0 Å². The van der Waals surface area contributed by atoms with E-state index in [9.17, 15) is 4.79 Å². The second-order valence-corrected chi connectivity index (χ2v) is 6.86. The third kappa shape index (κ3) is 2.23. The first-order valence-corrected chi connectivity index (χ1v) is 7.13. The van der Waals surface area contributed by atoms with Crippen molar-refractivity contribution in [2.24, 2.45) is 5.92 Å². The molecule has 0 atom stereocenters. The van der Waals surface area contributed by atoms with Gasteiger partial charge in [-0.2, -0.15) is 0 Å². The van der Waals surface area contributed by atoms with Gasteiger partial charge in [-0.15, -0.1) is 0 Å². The second kappa shape index (κ2) is 4.09. The molecule has 1 aliphatic carbocycles. The molecule has 0 aromatic heterocycles. The average molecular weight is 263 g/mol. The third-order valence-corrected chi connectivity index (χ3v) is 4.74. The molecule has 104 valence electrons. The van der Waals surface area contributed by atoms with E-state index >= 15 is 0 Å². The van der Waals surface area contributed by atoms with E-state index in [4.69, 9.17) is 9.31 Å². The van der Waals surface area contributed by atoms with Crippen LogP contribution in [0.15, 0.2) is 11.5 Å². The summed E-state index contributed by atoms with van der Waals surface area (Å²) >= 11 is 0. The highest BCUT2D eigenvalue weighted by atomic mass is 16.7. The fourth-order valence-corrected chi connectivity index (χ4v) is 2.50. The van der Waals surface area contributed by atoms with E-state index in [-0.39, 0.29) is 24.2 Å². The lowest BCUT2D eigenvalue weighted by Gasteiger charge is -2.32. The molecule has 0 spiro atoms. The van der Waals surface area contributed by atoms with Crippen molar-refractivity contribution in [1.29, 1.82) is 0 Å². The van der Waals surface area contributed by atoms with Crippen LogP contribution in [-0.2, 0) is 14.1 Å². The molecule has 3 rings (SSSR count). The lowest BCUT2D eigenvalue weighted by molar-refractivity contribution is -0.131. The van der Waals surface area contributed by atoms with Crippen LogP contribution in [0.5, 0.6) is 0 Å². The molecule has 4 nitrogen and oxygen atoms in total. The molecular formula is C14H22BNO3.